The highest BCUT2D eigenvalue weighted by Crippen LogP contribution is 2.51. The van der Waals surface area contributed by atoms with Crippen LogP contribution >= 0.6 is 7.60 Å². The van der Waals surface area contributed by atoms with E-state index in [1.54, 1.807) is 0 Å². The number of hydrogen-bond donors (Lipinski definition) is 1. The monoisotopic (exact) mass is 460 g/mol. The highest BCUT2D eigenvalue weighted by molar-refractivity contribution is 7.53. The molecule has 5 heteroatoms. The van der Waals surface area contributed by atoms with E-state index in [-0.39, 0.29) is 5.78 Å². The van der Waals surface area contributed by atoms with Crippen LogP contribution < -0.4 is 0 Å². The highest BCUT2D eigenvalue weighted by atomic mass is 31.2. The molecular weight excluding hydrogens is 405 g/mol. The van der Waals surface area contributed by atoms with E-state index < -0.39 is 7.60 Å². The van der Waals surface area contributed by atoms with Crippen molar-refractivity contribution in [2.45, 2.75) is 129 Å². The maximum absolute atomic E-state index is 12.5. The largest absolute Gasteiger partial charge is 0.385 e. The second kappa shape index (κ2) is 19.3. The van der Waals surface area contributed by atoms with Crippen molar-refractivity contribution in [3.05, 3.63) is 12.2 Å². The quantitative estimate of drug-likeness (QED) is 0.0763. The maximum atomic E-state index is 12.5. The third-order valence-electron chi connectivity index (χ3n) is 6.16. The summed E-state index contributed by atoms with van der Waals surface area (Å²) < 4.78 is 18.4. The molecule has 0 aromatic heterocycles. The van der Waals surface area contributed by atoms with Crippen LogP contribution in [-0.2, 0) is 9.09 Å². The Morgan fingerprint density at radius 1 is 0.774 bits per heavy atom. The standard InChI is InChI=1S/C26H54NO3P/c1-6-8-9-10-11-12-13-14-15-16-17-18-19-20-21-22-23-24-25-30-31(28,29)26(7-2)27(3,4)5/h6,8,26H,7,9-25H2,1-5H3/p+1/b8-6-. The first-order valence-corrected chi connectivity index (χ1v) is 14.8. The Kier molecular flexibility index (Phi) is 19.2. The summed E-state index contributed by atoms with van der Waals surface area (Å²) in [5.74, 6) is -0.347. The predicted molar refractivity (Wildman–Crippen MR) is 137 cm³/mol. The van der Waals surface area contributed by atoms with Gasteiger partial charge in [0.05, 0.1) is 27.7 Å². The molecule has 0 aliphatic rings. The van der Waals surface area contributed by atoms with Gasteiger partial charge in [-0.25, -0.2) is 0 Å². The van der Waals surface area contributed by atoms with Crippen LogP contribution in [0.15, 0.2) is 12.2 Å². The molecule has 0 aliphatic heterocycles. The molecule has 0 aromatic rings. The van der Waals surface area contributed by atoms with Crippen LogP contribution in [0.5, 0.6) is 0 Å². The smallest absolute Gasteiger partial charge is 0.320 e. The van der Waals surface area contributed by atoms with E-state index >= 15 is 0 Å². The zero-order valence-electron chi connectivity index (χ0n) is 21.6. The molecule has 186 valence electrons. The van der Waals surface area contributed by atoms with Gasteiger partial charge in [-0.15, -0.1) is 0 Å². The summed E-state index contributed by atoms with van der Waals surface area (Å²) in [6, 6.07) is 0. The Balaban J connectivity index is 3.41. The van der Waals surface area contributed by atoms with Crippen LogP contribution in [0.25, 0.3) is 0 Å². The third kappa shape index (κ3) is 18.0. The number of rotatable bonds is 22. The van der Waals surface area contributed by atoms with Crippen molar-refractivity contribution in [2.24, 2.45) is 0 Å². The van der Waals surface area contributed by atoms with Crippen molar-refractivity contribution in [1.29, 1.82) is 0 Å². The molecule has 0 aliphatic carbocycles. The number of hydrogen-bond acceptors (Lipinski definition) is 2. The van der Waals surface area contributed by atoms with E-state index in [9.17, 15) is 9.46 Å². The van der Waals surface area contributed by atoms with Crippen molar-refractivity contribution in [2.75, 3.05) is 27.7 Å². The lowest BCUT2D eigenvalue weighted by Crippen LogP contribution is -2.44. The summed E-state index contributed by atoms with van der Waals surface area (Å²) in [4.78, 5) is 10.3. The second-order valence-corrected chi connectivity index (χ2v) is 12.0. The Morgan fingerprint density at radius 3 is 1.52 bits per heavy atom. The molecular formula is C26H55NO3P+. The minimum Gasteiger partial charge on any atom is -0.320 e. The zero-order chi connectivity index (χ0) is 23.4. The summed E-state index contributed by atoms with van der Waals surface area (Å²) in [5, 5.41) is 0. The molecule has 0 bridgehead atoms. The Bertz CT molecular complexity index is 474. The molecule has 0 amide bonds. The Hall–Kier alpha value is -0.150. The molecule has 2 unspecified atom stereocenters. The fraction of sp³-hybridized carbons (Fsp3) is 0.923. The molecule has 0 heterocycles. The fourth-order valence-electron chi connectivity index (χ4n) is 4.33. The minimum absolute atomic E-state index is 0.347. The summed E-state index contributed by atoms with van der Waals surface area (Å²) in [7, 11) is 2.31. The molecule has 0 saturated heterocycles. The Morgan fingerprint density at radius 2 is 1.16 bits per heavy atom. The number of unbranched alkanes of at least 4 members (excludes halogenated alkanes) is 15. The van der Waals surface area contributed by atoms with Crippen LogP contribution in [0.2, 0.25) is 0 Å². The summed E-state index contributed by atoms with van der Waals surface area (Å²) in [5.41, 5.74) is 0. The van der Waals surface area contributed by atoms with E-state index in [2.05, 4.69) is 19.1 Å². The lowest BCUT2D eigenvalue weighted by atomic mass is 10.0. The van der Waals surface area contributed by atoms with Crippen LogP contribution in [0.1, 0.15) is 123 Å². The first kappa shape index (κ1) is 30.9. The van der Waals surface area contributed by atoms with Gasteiger partial charge >= 0.3 is 7.60 Å². The van der Waals surface area contributed by atoms with Crippen LogP contribution in [0, 0.1) is 0 Å². The van der Waals surface area contributed by atoms with Gasteiger partial charge < -0.3 is 13.9 Å². The summed E-state index contributed by atoms with van der Waals surface area (Å²) in [6.07, 6.45) is 26.1. The lowest BCUT2D eigenvalue weighted by molar-refractivity contribution is -0.883. The number of nitrogens with zero attached hydrogens (tertiary/aromatic N) is 1. The fourth-order valence-corrected chi connectivity index (χ4v) is 6.23. The number of allylic oxidation sites excluding steroid dienone is 2. The highest BCUT2D eigenvalue weighted by Gasteiger charge is 2.41. The normalized spacial score (nSPS) is 15.4. The molecule has 2 atom stereocenters. The molecule has 0 rings (SSSR count). The molecule has 0 spiro atoms. The topological polar surface area (TPSA) is 46.5 Å². The van der Waals surface area contributed by atoms with Crippen molar-refractivity contribution in [3.63, 3.8) is 0 Å². The number of quaternary nitrogens is 1. The summed E-state index contributed by atoms with van der Waals surface area (Å²) in [6.45, 7) is 4.46. The molecule has 1 N–H and O–H groups in total. The molecule has 4 nitrogen and oxygen atoms in total. The van der Waals surface area contributed by atoms with Crippen molar-refractivity contribution < 1.29 is 18.5 Å². The SMILES string of the molecule is C/C=C\CCCCCCCCCCCCCCCCCOP(=O)(O)C(CC)[N+](C)(C)C. The van der Waals surface area contributed by atoms with Crippen molar-refractivity contribution in [3.8, 4) is 0 Å². The van der Waals surface area contributed by atoms with Gasteiger partial charge in [0.15, 0.2) is 5.78 Å². The van der Waals surface area contributed by atoms with Gasteiger partial charge in [-0.05, 0) is 26.2 Å². The molecule has 0 aromatic carbocycles. The lowest BCUT2D eigenvalue weighted by Gasteiger charge is -2.35. The maximum Gasteiger partial charge on any atom is 0.385 e. The average Bonchev–Trinajstić information content (AvgIpc) is 2.68. The van der Waals surface area contributed by atoms with Gasteiger partial charge in [0.25, 0.3) is 0 Å². The molecule has 0 radical (unpaired) electrons. The van der Waals surface area contributed by atoms with Crippen LogP contribution in [0.3, 0.4) is 0 Å². The minimum atomic E-state index is -3.55. The van der Waals surface area contributed by atoms with Gasteiger partial charge in [0.1, 0.15) is 0 Å². The first-order chi connectivity index (χ1) is 14.8. The average molecular weight is 461 g/mol. The third-order valence-corrected chi connectivity index (χ3v) is 8.53. The molecule has 0 fully saturated rings. The van der Waals surface area contributed by atoms with E-state index in [4.69, 9.17) is 4.52 Å². The van der Waals surface area contributed by atoms with Gasteiger partial charge in [-0.2, -0.15) is 0 Å². The van der Waals surface area contributed by atoms with Gasteiger partial charge in [0, 0.05) is 6.42 Å². The molecule has 0 saturated carbocycles. The van der Waals surface area contributed by atoms with Crippen molar-refractivity contribution in [1.82, 2.24) is 0 Å². The van der Waals surface area contributed by atoms with E-state index in [1.165, 1.54) is 89.9 Å². The van der Waals surface area contributed by atoms with Crippen molar-refractivity contribution >= 4 is 7.60 Å². The Labute approximate surface area is 195 Å². The van der Waals surface area contributed by atoms with Gasteiger partial charge in [0.2, 0.25) is 0 Å². The second-order valence-electron chi connectivity index (χ2n) is 10.1. The molecule has 31 heavy (non-hydrogen) atoms. The van der Waals surface area contributed by atoms with Crippen LogP contribution in [-0.4, -0.2) is 42.9 Å². The van der Waals surface area contributed by atoms with E-state index in [0.717, 1.165) is 12.8 Å². The van der Waals surface area contributed by atoms with Gasteiger partial charge in [-0.1, -0.05) is 103 Å². The van der Waals surface area contributed by atoms with Gasteiger partial charge in [-0.3, -0.25) is 4.57 Å². The zero-order valence-corrected chi connectivity index (χ0v) is 22.5. The predicted octanol–water partition coefficient (Wildman–Crippen LogP) is 8.45. The van der Waals surface area contributed by atoms with Crippen LogP contribution in [0.4, 0.5) is 0 Å². The van der Waals surface area contributed by atoms with E-state index in [0.29, 0.717) is 17.5 Å². The summed E-state index contributed by atoms with van der Waals surface area (Å²) >= 11 is 0. The first-order valence-electron chi connectivity index (χ1n) is 13.1. The van der Waals surface area contributed by atoms with E-state index in [1.807, 2.05) is 28.1 Å².